The van der Waals surface area contributed by atoms with Crippen LogP contribution >= 0.6 is 15.2 Å². The number of aliphatic hydroxyl groups excluding tert-OH is 1. The van der Waals surface area contributed by atoms with Crippen LogP contribution < -0.4 is 0 Å². The summed E-state index contributed by atoms with van der Waals surface area (Å²) in [7, 11) is -13.2. The highest BCUT2D eigenvalue weighted by Crippen LogP contribution is 2.51. The van der Waals surface area contributed by atoms with Gasteiger partial charge in [-0.25, -0.2) is 0 Å². The number of alkyl halides is 3. The Balaban J connectivity index is -0.000000543. The van der Waals surface area contributed by atoms with Crippen molar-refractivity contribution in [2.24, 2.45) is 0 Å². The van der Waals surface area contributed by atoms with Crippen LogP contribution in [-0.2, 0) is 46.3 Å². The van der Waals surface area contributed by atoms with E-state index in [9.17, 15) is 30.7 Å². The molecule has 0 aliphatic rings. The van der Waals surface area contributed by atoms with Crippen molar-refractivity contribution in [2.75, 3.05) is 25.9 Å². The minimum atomic E-state index is -5.83. The van der Waals surface area contributed by atoms with Crippen LogP contribution in [-0.4, -0.2) is 69.4 Å². The van der Waals surface area contributed by atoms with E-state index in [1.165, 1.54) is 27.7 Å². The first-order valence-corrected chi connectivity index (χ1v) is 16.0. The van der Waals surface area contributed by atoms with Crippen molar-refractivity contribution < 1.29 is 62.8 Å². The largest absolute Gasteiger partial charge is 0.523 e. The van der Waals surface area contributed by atoms with Crippen LogP contribution in [0.5, 0.6) is 0 Å². The van der Waals surface area contributed by atoms with Gasteiger partial charge in [0.1, 0.15) is 6.35 Å². The van der Waals surface area contributed by atoms with Gasteiger partial charge in [-0.2, -0.15) is 21.6 Å². The molecule has 0 rings (SSSR count). The van der Waals surface area contributed by atoms with Crippen LogP contribution in [0.4, 0.5) is 13.2 Å². The molecule has 0 aromatic heterocycles. The van der Waals surface area contributed by atoms with Crippen molar-refractivity contribution in [3.63, 3.8) is 0 Å². The molecule has 11 nitrogen and oxygen atoms in total. The molecule has 0 aliphatic heterocycles. The first-order chi connectivity index (χ1) is 16.1. The van der Waals surface area contributed by atoms with Gasteiger partial charge >= 0.3 is 30.8 Å². The molecule has 0 saturated heterocycles. The molecule has 0 fully saturated rings. The standard InChI is InChI=1S/C8H16F3O6PS.C7H17O4P.C4H10O/c1-6(2)16-18(12,17-7(3)4)5-15-19(13,14)8(9,10)11;1-6(2)10-12(9,5-8)11-7(3)4;1-3-5-4-2/h6-7H,5H2,1-4H3;6-8H,5H2,1-4H3;3-4H2,1-2H3. The second-order valence-corrected chi connectivity index (χ2v) is 13.3. The van der Waals surface area contributed by atoms with E-state index in [0.29, 0.717) is 0 Å². The number of rotatable bonds is 14. The van der Waals surface area contributed by atoms with Gasteiger partial charge in [0.2, 0.25) is 0 Å². The molecule has 36 heavy (non-hydrogen) atoms. The van der Waals surface area contributed by atoms with Crippen LogP contribution in [0.2, 0.25) is 0 Å². The van der Waals surface area contributed by atoms with Gasteiger partial charge in [0, 0.05) is 13.2 Å². The summed E-state index contributed by atoms with van der Waals surface area (Å²) in [5, 5.41) is 8.77. The zero-order valence-electron chi connectivity index (χ0n) is 22.6. The molecular weight excluding hydrogens is 555 g/mol. The fraction of sp³-hybridized carbons (Fsp3) is 1.00. The fourth-order valence-corrected chi connectivity index (χ4v) is 6.00. The smallest absolute Gasteiger partial charge is 0.384 e. The van der Waals surface area contributed by atoms with Gasteiger partial charge in [-0.3, -0.25) is 13.3 Å². The summed E-state index contributed by atoms with van der Waals surface area (Å²) in [6, 6.07) is 0. The van der Waals surface area contributed by atoms with E-state index in [4.69, 9.17) is 27.9 Å². The molecule has 222 valence electrons. The molecule has 0 aromatic carbocycles. The quantitative estimate of drug-likeness (QED) is 0.145. The maximum absolute atomic E-state index is 12.0. The molecule has 0 unspecified atom stereocenters. The lowest BCUT2D eigenvalue weighted by Gasteiger charge is -2.22. The van der Waals surface area contributed by atoms with Gasteiger partial charge in [0.05, 0.1) is 24.4 Å². The summed E-state index contributed by atoms with van der Waals surface area (Å²) in [5.74, 6) is 0. The number of halogens is 3. The summed E-state index contributed by atoms with van der Waals surface area (Å²) < 4.78 is 109. The topological polar surface area (TPSA) is 144 Å². The highest BCUT2D eigenvalue weighted by atomic mass is 32.2. The Kier molecular flexibility index (Phi) is 21.4. The van der Waals surface area contributed by atoms with Crippen molar-refractivity contribution in [1.82, 2.24) is 0 Å². The molecule has 0 atom stereocenters. The molecule has 0 amide bonds. The van der Waals surface area contributed by atoms with E-state index in [0.717, 1.165) is 13.2 Å². The highest BCUT2D eigenvalue weighted by molar-refractivity contribution is 7.87. The molecule has 1 N–H and O–H groups in total. The zero-order valence-corrected chi connectivity index (χ0v) is 25.2. The minimum absolute atomic E-state index is 0.207. The molecule has 0 bridgehead atoms. The Morgan fingerprint density at radius 1 is 0.722 bits per heavy atom. The third kappa shape index (κ3) is 22.0. The number of hydrogen-bond acceptors (Lipinski definition) is 11. The molecule has 17 heteroatoms. The van der Waals surface area contributed by atoms with Crippen molar-refractivity contribution in [1.29, 1.82) is 0 Å². The van der Waals surface area contributed by atoms with Gasteiger partial charge in [-0.1, -0.05) is 0 Å². The summed E-state index contributed by atoms with van der Waals surface area (Å²) in [5.41, 5.74) is -5.59. The van der Waals surface area contributed by atoms with E-state index < -0.39 is 55.7 Å². The number of ether oxygens (including phenoxy) is 1. The lowest BCUT2D eigenvalue weighted by atomic mass is 10.5. The maximum Gasteiger partial charge on any atom is 0.523 e. The van der Waals surface area contributed by atoms with Crippen LogP contribution in [0.25, 0.3) is 0 Å². The van der Waals surface area contributed by atoms with E-state index >= 15 is 0 Å². The Labute approximate surface area is 213 Å². The molecular formula is C19H43F3O11P2S. The molecule has 0 saturated carbocycles. The normalized spacial score (nSPS) is 13.1. The molecule has 0 heterocycles. The third-order valence-corrected chi connectivity index (χ3v) is 7.65. The van der Waals surface area contributed by atoms with Crippen molar-refractivity contribution in [3.8, 4) is 0 Å². The molecule has 0 spiro atoms. The van der Waals surface area contributed by atoms with Gasteiger partial charge < -0.3 is 27.9 Å². The first kappa shape index (κ1) is 40.4. The van der Waals surface area contributed by atoms with Crippen LogP contribution in [0.3, 0.4) is 0 Å². The monoisotopic (exact) mass is 598 g/mol. The second-order valence-electron chi connectivity index (χ2n) is 7.91. The Morgan fingerprint density at radius 2 is 1.03 bits per heavy atom. The van der Waals surface area contributed by atoms with Gasteiger partial charge in [0.25, 0.3) is 0 Å². The summed E-state index contributed by atoms with van der Waals surface area (Å²) in [6.07, 6.45) is -3.58. The Hall–Kier alpha value is -0.0800. The Bertz CT molecular complexity index is 728. The fourth-order valence-electron chi connectivity index (χ4n) is 1.87. The number of aliphatic hydroxyl groups is 1. The van der Waals surface area contributed by atoms with E-state index in [1.807, 2.05) is 13.8 Å². The summed E-state index contributed by atoms with van der Waals surface area (Å²) >= 11 is 0. The molecule has 0 aromatic rings. The summed E-state index contributed by atoms with van der Waals surface area (Å²) in [6.45, 7) is 18.5. The van der Waals surface area contributed by atoms with Crippen molar-refractivity contribution in [2.45, 2.75) is 99.2 Å². The summed E-state index contributed by atoms with van der Waals surface area (Å²) in [4.78, 5) is 0. The van der Waals surface area contributed by atoms with Crippen LogP contribution in [0, 0.1) is 0 Å². The molecule has 0 radical (unpaired) electrons. The lowest BCUT2D eigenvalue weighted by Crippen LogP contribution is -2.26. The average molecular weight is 599 g/mol. The second kappa shape index (κ2) is 19.1. The van der Waals surface area contributed by atoms with Gasteiger partial charge in [-0.05, 0) is 69.2 Å². The molecule has 0 aliphatic carbocycles. The van der Waals surface area contributed by atoms with E-state index in [1.54, 1.807) is 27.7 Å². The van der Waals surface area contributed by atoms with Gasteiger partial charge in [0.15, 0.2) is 6.35 Å². The predicted octanol–water partition coefficient (Wildman–Crippen LogP) is 5.88. The SMILES string of the molecule is CC(C)OP(=O)(CO)OC(C)C.CC(C)OP(=O)(COS(=O)(=O)C(F)(F)F)OC(C)C.CCOCC. The predicted molar refractivity (Wildman–Crippen MR) is 130 cm³/mol. The Morgan fingerprint density at radius 3 is 1.22 bits per heavy atom. The third-order valence-electron chi connectivity index (χ3n) is 2.72. The number of hydrogen-bond donors (Lipinski definition) is 1. The van der Waals surface area contributed by atoms with E-state index in [-0.39, 0.29) is 12.2 Å². The minimum Gasteiger partial charge on any atom is -0.384 e. The first-order valence-electron chi connectivity index (χ1n) is 11.2. The van der Waals surface area contributed by atoms with Crippen LogP contribution in [0.15, 0.2) is 0 Å². The van der Waals surface area contributed by atoms with Crippen molar-refractivity contribution in [3.05, 3.63) is 0 Å². The lowest BCUT2D eigenvalue weighted by molar-refractivity contribution is -0.0535. The van der Waals surface area contributed by atoms with Crippen LogP contribution in [0.1, 0.15) is 69.2 Å². The maximum atomic E-state index is 12.0. The van der Waals surface area contributed by atoms with Gasteiger partial charge in [-0.15, -0.1) is 0 Å². The zero-order chi connectivity index (χ0) is 29.4. The van der Waals surface area contributed by atoms with Crippen molar-refractivity contribution >= 4 is 25.3 Å². The van der Waals surface area contributed by atoms with E-state index in [2.05, 4.69) is 4.18 Å². The highest BCUT2D eigenvalue weighted by Gasteiger charge is 2.48. The average Bonchev–Trinajstić information content (AvgIpc) is 2.65.